The van der Waals surface area contributed by atoms with Gasteiger partial charge in [0.2, 0.25) is 0 Å². The molecular weight excluding hydrogens is 470 g/mol. The summed E-state index contributed by atoms with van der Waals surface area (Å²) in [5.74, 6) is 0.453. The molecule has 0 atom stereocenters. The van der Waals surface area contributed by atoms with E-state index in [1.807, 2.05) is 15.3 Å². The van der Waals surface area contributed by atoms with Crippen molar-refractivity contribution in [3.05, 3.63) is 103 Å². The molecule has 0 saturated carbocycles. The molecule has 0 unspecified atom stereocenters. The van der Waals surface area contributed by atoms with Gasteiger partial charge < -0.3 is 5.73 Å². The van der Waals surface area contributed by atoms with Gasteiger partial charge in [0.15, 0.2) is 5.82 Å². The molecule has 0 aliphatic rings. The van der Waals surface area contributed by atoms with Crippen molar-refractivity contribution < 1.29 is 0 Å². The largest absolute Gasteiger partial charge is 0.382 e. The van der Waals surface area contributed by atoms with Gasteiger partial charge in [-0.3, -0.25) is 9.58 Å². The van der Waals surface area contributed by atoms with Crippen LogP contribution in [0.4, 0.5) is 5.82 Å². The lowest BCUT2D eigenvalue weighted by Gasteiger charge is -2.18. The third-order valence-electron chi connectivity index (χ3n) is 7.19. The molecule has 0 amide bonds. The number of fused-ring (bicyclic) bond motifs is 2. The normalized spacial score (nSPS) is 11.7. The molecule has 6 aromatic rings. The maximum Gasteiger partial charge on any atom is 0.152 e. The minimum Gasteiger partial charge on any atom is -0.382 e. The molecule has 3 heterocycles. The van der Waals surface area contributed by atoms with Gasteiger partial charge >= 0.3 is 0 Å². The van der Waals surface area contributed by atoms with Crippen LogP contribution in [0, 0.1) is 0 Å². The Morgan fingerprint density at radius 1 is 0.842 bits per heavy atom. The van der Waals surface area contributed by atoms with Gasteiger partial charge in [0.1, 0.15) is 11.8 Å². The summed E-state index contributed by atoms with van der Waals surface area (Å²) in [5, 5.41) is 10.5. The Labute approximate surface area is 222 Å². The highest BCUT2D eigenvalue weighted by molar-refractivity contribution is 5.94. The van der Waals surface area contributed by atoms with Crippen LogP contribution in [0.2, 0.25) is 0 Å². The fourth-order valence-corrected chi connectivity index (χ4v) is 5.07. The summed E-state index contributed by atoms with van der Waals surface area (Å²) >= 11 is 0. The summed E-state index contributed by atoms with van der Waals surface area (Å²) in [4.78, 5) is 6.71. The van der Waals surface area contributed by atoms with Crippen molar-refractivity contribution in [3.8, 4) is 22.4 Å². The number of rotatable bonds is 8. The number of aromatic nitrogens is 5. The SMILES string of the molecule is CCN(CC)Cc1ccc(-c2cc(-c3ccc4cn(Cc5ccccc5)nc4c3)c3c(N)ncnn23)cc1. The summed E-state index contributed by atoms with van der Waals surface area (Å²) < 4.78 is 3.89. The second-order valence-electron chi connectivity index (χ2n) is 9.59. The molecule has 3 aromatic carbocycles. The topological polar surface area (TPSA) is 77.3 Å². The van der Waals surface area contributed by atoms with Crippen molar-refractivity contribution in [2.75, 3.05) is 18.8 Å². The minimum absolute atomic E-state index is 0.453. The van der Waals surface area contributed by atoms with Gasteiger partial charge in [0.05, 0.1) is 17.8 Å². The molecule has 38 heavy (non-hydrogen) atoms. The van der Waals surface area contributed by atoms with Gasteiger partial charge in [-0.2, -0.15) is 10.2 Å². The Balaban J connectivity index is 1.38. The standard InChI is InChI=1S/C31H31N7/c1-3-36(4-2)18-23-10-12-24(13-11-23)29-17-27(30-31(32)33-21-34-38(29)30)25-14-15-26-20-37(35-28(26)16-25)19-22-8-6-5-7-9-22/h5-17,20-21H,3-4,18-19H2,1-2H3,(H2,32,33,34). The smallest absolute Gasteiger partial charge is 0.152 e. The number of benzene rings is 3. The van der Waals surface area contributed by atoms with E-state index in [0.717, 1.165) is 65.0 Å². The zero-order chi connectivity index (χ0) is 26.1. The third-order valence-corrected chi connectivity index (χ3v) is 7.19. The predicted octanol–water partition coefficient (Wildman–Crippen LogP) is 5.89. The Bertz CT molecular complexity index is 1690. The maximum atomic E-state index is 6.40. The van der Waals surface area contributed by atoms with Crippen molar-refractivity contribution >= 4 is 22.2 Å². The van der Waals surface area contributed by atoms with Crippen LogP contribution in [0.3, 0.4) is 0 Å². The molecule has 7 nitrogen and oxygen atoms in total. The zero-order valence-electron chi connectivity index (χ0n) is 21.7. The van der Waals surface area contributed by atoms with Crippen molar-refractivity contribution in [1.82, 2.24) is 29.3 Å². The monoisotopic (exact) mass is 501 g/mol. The van der Waals surface area contributed by atoms with E-state index in [-0.39, 0.29) is 0 Å². The first-order valence-electron chi connectivity index (χ1n) is 13.1. The average molecular weight is 502 g/mol. The highest BCUT2D eigenvalue weighted by atomic mass is 15.3. The molecule has 0 radical (unpaired) electrons. The highest BCUT2D eigenvalue weighted by Gasteiger charge is 2.17. The van der Waals surface area contributed by atoms with Gasteiger partial charge in [-0.25, -0.2) is 9.50 Å². The molecule has 0 aliphatic carbocycles. The first kappa shape index (κ1) is 23.9. The van der Waals surface area contributed by atoms with E-state index < -0.39 is 0 Å². The van der Waals surface area contributed by atoms with E-state index in [0.29, 0.717) is 5.82 Å². The molecule has 6 rings (SSSR count). The van der Waals surface area contributed by atoms with E-state index in [4.69, 9.17) is 10.8 Å². The Kier molecular flexibility index (Phi) is 6.35. The second-order valence-corrected chi connectivity index (χ2v) is 9.59. The second kappa shape index (κ2) is 10.1. The van der Waals surface area contributed by atoms with Crippen LogP contribution in [0.25, 0.3) is 38.8 Å². The molecule has 0 bridgehead atoms. The van der Waals surface area contributed by atoms with Crippen molar-refractivity contribution in [2.45, 2.75) is 26.9 Å². The lowest BCUT2D eigenvalue weighted by Crippen LogP contribution is -2.21. The molecule has 0 saturated heterocycles. The summed E-state index contributed by atoms with van der Waals surface area (Å²) in [6.07, 6.45) is 3.60. The molecule has 190 valence electrons. The van der Waals surface area contributed by atoms with Crippen LogP contribution >= 0.6 is 0 Å². The molecule has 0 aliphatic heterocycles. The van der Waals surface area contributed by atoms with Crippen molar-refractivity contribution in [3.63, 3.8) is 0 Å². The molecular formula is C31H31N7. The Hall–Kier alpha value is -4.49. The van der Waals surface area contributed by atoms with Gasteiger partial charge in [0.25, 0.3) is 0 Å². The van der Waals surface area contributed by atoms with E-state index in [1.54, 1.807) is 0 Å². The van der Waals surface area contributed by atoms with Crippen molar-refractivity contribution in [1.29, 1.82) is 0 Å². The lowest BCUT2D eigenvalue weighted by atomic mass is 10.0. The van der Waals surface area contributed by atoms with E-state index >= 15 is 0 Å². The fraction of sp³-hybridized carbons (Fsp3) is 0.194. The highest BCUT2D eigenvalue weighted by Crippen LogP contribution is 2.35. The van der Waals surface area contributed by atoms with Crippen molar-refractivity contribution in [2.24, 2.45) is 0 Å². The van der Waals surface area contributed by atoms with Crippen LogP contribution in [0.5, 0.6) is 0 Å². The van der Waals surface area contributed by atoms with Gasteiger partial charge in [-0.05, 0) is 41.9 Å². The maximum absolute atomic E-state index is 6.40. The van der Waals surface area contributed by atoms with Gasteiger partial charge in [-0.1, -0.05) is 80.6 Å². The molecule has 0 spiro atoms. The summed E-state index contributed by atoms with van der Waals surface area (Å²) in [7, 11) is 0. The van der Waals surface area contributed by atoms with Gasteiger partial charge in [0, 0.05) is 29.3 Å². The summed E-state index contributed by atoms with van der Waals surface area (Å²) in [5.41, 5.74) is 14.7. The number of hydrogen-bond donors (Lipinski definition) is 1. The van der Waals surface area contributed by atoms with Crippen LogP contribution in [-0.4, -0.2) is 42.4 Å². The summed E-state index contributed by atoms with van der Waals surface area (Å²) in [6, 6.07) is 27.6. The fourth-order valence-electron chi connectivity index (χ4n) is 5.07. The van der Waals surface area contributed by atoms with E-state index in [2.05, 4.69) is 108 Å². The third kappa shape index (κ3) is 4.53. The number of nitrogens with two attached hydrogens (primary N) is 1. The van der Waals surface area contributed by atoms with Crippen LogP contribution < -0.4 is 5.73 Å². The van der Waals surface area contributed by atoms with Gasteiger partial charge in [-0.15, -0.1) is 0 Å². The first-order valence-corrected chi connectivity index (χ1v) is 13.1. The number of nitrogen functional groups attached to an aromatic ring is 1. The number of nitrogens with zero attached hydrogens (tertiary/aromatic N) is 6. The molecule has 3 aromatic heterocycles. The van der Waals surface area contributed by atoms with Crippen LogP contribution in [-0.2, 0) is 13.1 Å². The summed E-state index contributed by atoms with van der Waals surface area (Å²) in [6.45, 7) is 8.14. The zero-order valence-corrected chi connectivity index (χ0v) is 21.7. The van der Waals surface area contributed by atoms with Crippen LogP contribution in [0.15, 0.2) is 91.4 Å². The Morgan fingerprint density at radius 3 is 2.37 bits per heavy atom. The van der Waals surface area contributed by atoms with Crippen LogP contribution in [0.1, 0.15) is 25.0 Å². The first-order chi connectivity index (χ1) is 18.6. The number of anilines is 1. The number of hydrogen-bond acceptors (Lipinski definition) is 5. The quantitative estimate of drug-likeness (QED) is 0.282. The molecule has 7 heteroatoms. The molecule has 2 N–H and O–H groups in total. The average Bonchev–Trinajstić information content (AvgIpc) is 3.54. The van der Waals surface area contributed by atoms with E-state index in [9.17, 15) is 0 Å². The Morgan fingerprint density at radius 2 is 1.61 bits per heavy atom. The predicted molar refractivity (Wildman–Crippen MR) is 154 cm³/mol. The lowest BCUT2D eigenvalue weighted by molar-refractivity contribution is 0.296. The van der Waals surface area contributed by atoms with E-state index in [1.165, 1.54) is 17.5 Å². The minimum atomic E-state index is 0.453. The molecule has 0 fully saturated rings.